The van der Waals surface area contributed by atoms with E-state index >= 15 is 0 Å². The Kier molecular flexibility index (Phi) is 7.54. The first-order valence-electron chi connectivity index (χ1n) is 13.5. The Labute approximate surface area is 208 Å². The molecule has 5 rings (SSSR count). The van der Waals surface area contributed by atoms with Crippen LogP contribution in [0.15, 0.2) is 36.7 Å². The molecule has 7 nitrogen and oxygen atoms in total. The molecule has 0 bridgehead atoms. The Bertz CT molecular complexity index is 1100. The van der Waals surface area contributed by atoms with Crippen molar-refractivity contribution < 1.29 is 5.11 Å². The molecule has 1 saturated heterocycles. The zero-order chi connectivity index (χ0) is 24.2. The van der Waals surface area contributed by atoms with Gasteiger partial charge in [0.25, 0.3) is 0 Å². The number of anilines is 2. The second-order valence-corrected chi connectivity index (χ2v) is 10.4. The lowest BCUT2D eigenvalue weighted by Gasteiger charge is -2.27. The first-order chi connectivity index (χ1) is 17.1. The molecule has 3 heterocycles. The van der Waals surface area contributed by atoms with Gasteiger partial charge in [-0.1, -0.05) is 25.5 Å². The molecule has 1 aliphatic carbocycles. The summed E-state index contributed by atoms with van der Waals surface area (Å²) in [4.78, 5) is 9.68. The second kappa shape index (κ2) is 11.0. The first-order valence-corrected chi connectivity index (χ1v) is 13.5. The van der Waals surface area contributed by atoms with E-state index in [1.54, 1.807) is 0 Å². The van der Waals surface area contributed by atoms with Crippen molar-refractivity contribution in [1.82, 2.24) is 19.9 Å². The quantitative estimate of drug-likeness (QED) is 0.351. The minimum Gasteiger partial charge on any atom is -0.393 e. The van der Waals surface area contributed by atoms with E-state index in [0.717, 1.165) is 75.5 Å². The molecule has 7 heteroatoms. The Morgan fingerprint density at radius 2 is 1.83 bits per heavy atom. The number of hydrogen-bond acceptors (Lipinski definition) is 6. The van der Waals surface area contributed by atoms with Crippen molar-refractivity contribution in [2.24, 2.45) is 0 Å². The van der Waals surface area contributed by atoms with Crippen LogP contribution in [0.3, 0.4) is 0 Å². The highest BCUT2D eigenvalue weighted by Gasteiger charge is 2.24. The summed E-state index contributed by atoms with van der Waals surface area (Å²) in [6.07, 6.45) is 12.3. The molecule has 2 fully saturated rings. The number of piperidine rings is 1. The Morgan fingerprint density at radius 3 is 2.54 bits per heavy atom. The minimum absolute atomic E-state index is 0.172. The molecule has 2 aromatic heterocycles. The summed E-state index contributed by atoms with van der Waals surface area (Å²) in [5.74, 6) is 0.696. The van der Waals surface area contributed by atoms with Gasteiger partial charge in [0.2, 0.25) is 5.95 Å². The number of aromatic nitrogens is 3. The summed E-state index contributed by atoms with van der Waals surface area (Å²) >= 11 is 0. The molecule has 35 heavy (non-hydrogen) atoms. The highest BCUT2D eigenvalue weighted by atomic mass is 16.3. The molecule has 0 amide bonds. The van der Waals surface area contributed by atoms with Crippen LogP contribution in [0.2, 0.25) is 0 Å². The second-order valence-electron chi connectivity index (χ2n) is 10.4. The lowest BCUT2D eigenvalue weighted by molar-refractivity contribution is 0.111. The van der Waals surface area contributed by atoms with Crippen molar-refractivity contribution in [2.45, 2.75) is 89.4 Å². The number of nitrogens with zero attached hydrogens (tertiary/aromatic N) is 3. The van der Waals surface area contributed by atoms with Crippen LogP contribution < -0.4 is 16.0 Å². The van der Waals surface area contributed by atoms with Gasteiger partial charge in [-0.25, -0.2) is 4.98 Å². The van der Waals surface area contributed by atoms with Crippen molar-refractivity contribution in [3.63, 3.8) is 0 Å². The van der Waals surface area contributed by atoms with E-state index < -0.39 is 0 Å². The Hall–Kier alpha value is -2.64. The lowest BCUT2D eigenvalue weighted by atomic mass is 9.93. The monoisotopic (exact) mass is 476 g/mol. The van der Waals surface area contributed by atoms with Crippen molar-refractivity contribution in [3.8, 4) is 11.1 Å². The molecular weight excluding hydrogens is 436 g/mol. The minimum atomic E-state index is -0.172. The predicted molar refractivity (Wildman–Crippen MR) is 144 cm³/mol. The van der Waals surface area contributed by atoms with E-state index in [1.165, 1.54) is 16.8 Å². The first kappa shape index (κ1) is 24.1. The van der Waals surface area contributed by atoms with Crippen LogP contribution in [0.1, 0.15) is 71.3 Å². The molecule has 4 N–H and O–H groups in total. The van der Waals surface area contributed by atoms with Gasteiger partial charge < -0.3 is 25.6 Å². The van der Waals surface area contributed by atoms with Gasteiger partial charge in [-0.05, 0) is 82.7 Å². The SMILES string of the molecule is CCC[C@H](C)Nc1ncc2c(-c3ccc(NC4CCNCC4)cc3)cn([C@H]3CC[C@H](O)CC3)c2n1. The zero-order valence-electron chi connectivity index (χ0n) is 21.1. The number of aliphatic hydroxyl groups is 1. The summed E-state index contributed by atoms with van der Waals surface area (Å²) in [5, 5.41) is 21.7. The number of benzene rings is 1. The van der Waals surface area contributed by atoms with E-state index in [9.17, 15) is 5.11 Å². The van der Waals surface area contributed by atoms with Gasteiger partial charge >= 0.3 is 0 Å². The van der Waals surface area contributed by atoms with Gasteiger partial charge in [-0.3, -0.25) is 0 Å². The Balaban J connectivity index is 1.45. The normalized spacial score (nSPS) is 22.3. The van der Waals surface area contributed by atoms with Gasteiger partial charge in [-0.15, -0.1) is 0 Å². The van der Waals surface area contributed by atoms with E-state index in [0.29, 0.717) is 24.1 Å². The fourth-order valence-corrected chi connectivity index (χ4v) is 5.62. The molecule has 2 aliphatic rings. The molecular formula is C28H40N6O. The maximum Gasteiger partial charge on any atom is 0.224 e. The van der Waals surface area contributed by atoms with E-state index in [-0.39, 0.29) is 6.10 Å². The smallest absolute Gasteiger partial charge is 0.224 e. The van der Waals surface area contributed by atoms with Crippen LogP contribution in [-0.2, 0) is 0 Å². The topological polar surface area (TPSA) is 87.0 Å². The predicted octanol–water partition coefficient (Wildman–Crippen LogP) is 5.34. The van der Waals surface area contributed by atoms with E-state index in [4.69, 9.17) is 4.98 Å². The fourth-order valence-electron chi connectivity index (χ4n) is 5.62. The fraction of sp³-hybridized carbons (Fsp3) is 0.571. The summed E-state index contributed by atoms with van der Waals surface area (Å²) in [7, 11) is 0. The van der Waals surface area contributed by atoms with Crippen LogP contribution in [0.4, 0.5) is 11.6 Å². The highest BCUT2D eigenvalue weighted by molar-refractivity contribution is 5.94. The molecule has 1 aromatic carbocycles. The summed E-state index contributed by atoms with van der Waals surface area (Å²) in [6.45, 7) is 6.55. The summed E-state index contributed by atoms with van der Waals surface area (Å²) in [5.41, 5.74) is 4.52. The number of rotatable bonds is 8. The van der Waals surface area contributed by atoms with Gasteiger partial charge in [0.05, 0.1) is 6.10 Å². The zero-order valence-corrected chi connectivity index (χ0v) is 21.1. The van der Waals surface area contributed by atoms with Gasteiger partial charge in [0.1, 0.15) is 5.65 Å². The van der Waals surface area contributed by atoms with Crippen LogP contribution in [0.5, 0.6) is 0 Å². The lowest BCUT2D eigenvalue weighted by Crippen LogP contribution is -2.35. The summed E-state index contributed by atoms with van der Waals surface area (Å²) in [6, 6.07) is 10.0. The van der Waals surface area contributed by atoms with Crippen molar-refractivity contribution in [2.75, 3.05) is 23.7 Å². The standard InChI is InChI=1S/C28H40N6O/c1-3-4-19(2)31-28-30-17-25-26(18-34(27(25)33-28)23-9-11-24(35)12-10-23)20-5-7-21(8-6-20)32-22-13-15-29-16-14-22/h5-8,17-19,22-24,29,32,35H,3-4,9-16H2,1-2H3,(H,30,31,33)/t19-,23-,24-/m0/s1. The maximum atomic E-state index is 10.1. The van der Waals surface area contributed by atoms with Crippen molar-refractivity contribution >= 4 is 22.7 Å². The van der Waals surface area contributed by atoms with Gasteiger partial charge in [-0.2, -0.15) is 4.98 Å². The molecule has 3 aromatic rings. The van der Waals surface area contributed by atoms with Crippen LogP contribution >= 0.6 is 0 Å². The number of aliphatic hydroxyl groups excluding tert-OH is 1. The molecule has 0 unspecified atom stereocenters. The largest absolute Gasteiger partial charge is 0.393 e. The maximum absolute atomic E-state index is 10.1. The molecule has 1 saturated carbocycles. The average molecular weight is 477 g/mol. The van der Waals surface area contributed by atoms with Crippen LogP contribution in [0, 0.1) is 0 Å². The molecule has 0 spiro atoms. The van der Waals surface area contributed by atoms with Crippen molar-refractivity contribution in [3.05, 3.63) is 36.7 Å². The van der Waals surface area contributed by atoms with Crippen LogP contribution in [0.25, 0.3) is 22.2 Å². The molecule has 1 aliphatic heterocycles. The molecule has 0 radical (unpaired) electrons. The third kappa shape index (κ3) is 5.62. The van der Waals surface area contributed by atoms with E-state index in [1.807, 2.05) is 6.20 Å². The molecule has 188 valence electrons. The Morgan fingerprint density at radius 1 is 1.09 bits per heavy atom. The number of hydrogen-bond donors (Lipinski definition) is 4. The van der Waals surface area contributed by atoms with Crippen LogP contribution in [-0.4, -0.2) is 50.9 Å². The average Bonchev–Trinajstić information content (AvgIpc) is 3.24. The third-order valence-electron chi connectivity index (χ3n) is 7.63. The summed E-state index contributed by atoms with van der Waals surface area (Å²) < 4.78 is 2.34. The highest BCUT2D eigenvalue weighted by Crippen LogP contribution is 2.37. The third-order valence-corrected chi connectivity index (χ3v) is 7.63. The van der Waals surface area contributed by atoms with E-state index in [2.05, 4.69) is 69.8 Å². The van der Waals surface area contributed by atoms with Gasteiger partial charge in [0.15, 0.2) is 0 Å². The van der Waals surface area contributed by atoms with Gasteiger partial charge in [0, 0.05) is 47.2 Å². The number of nitrogens with one attached hydrogen (secondary N) is 3. The molecule has 1 atom stereocenters. The number of fused-ring (bicyclic) bond motifs is 1. The van der Waals surface area contributed by atoms with Crippen molar-refractivity contribution in [1.29, 1.82) is 0 Å².